The first-order valence-corrected chi connectivity index (χ1v) is 6.22. The number of halogens is 1. The molecule has 4 heteroatoms. The Bertz CT molecular complexity index is 524. The molecule has 1 aliphatic heterocycles. The molecule has 1 amide bonds. The van der Waals surface area contributed by atoms with E-state index in [2.05, 4.69) is 5.10 Å². The zero-order valence-electron chi connectivity index (χ0n) is 9.61. The number of fused-ring (bicyclic) bond motifs is 1. The van der Waals surface area contributed by atoms with Crippen LogP contribution in [0.25, 0.3) is 0 Å². The van der Waals surface area contributed by atoms with Crippen LogP contribution >= 0.6 is 11.6 Å². The van der Waals surface area contributed by atoms with Crippen molar-refractivity contribution in [2.24, 2.45) is 11.0 Å². The van der Waals surface area contributed by atoms with Gasteiger partial charge in [-0.1, -0.05) is 17.7 Å². The van der Waals surface area contributed by atoms with E-state index in [1.165, 1.54) is 5.01 Å². The van der Waals surface area contributed by atoms with Crippen molar-refractivity contribution in [3.05, 3.63) is 28.8 Å². The highest BCUT2D eigenvalue weighted by molar-refractivity contribution is 6.31. The predicted molar refractivity (Wildman–Crippen MR) is 68.5 cm³/mol. The molecule has 3 rings (SSSR count). The molecule has 1 aliphatic carbocycles. The Balaban J connectivity index is 1.97. The second kappa shape index (κ2) is 3.84. The lowest BCUT2D eigenvalue weighted by atomic mass is 10.1. The molecule has 88 valence electrons. The minimum Gasteiger partial charge on any atom is -0.272 e. The molecule has 0 bridgehead atoms. The molecule has 0 spiro atoms. The number of aryl methyl sites for hydroxylation is 1. The Morgan fingerprint density at radius 3 is 3.00 bits per heavy atom. The molecule has 1 aromatic carbocycles. The average molecular weight is 249 g/mol. The number of carbonyl (C=O) groups excluding carboxylic acids is 1. The van der Waals surface area contributed by atoms with Gasteiger partial charge in [0.15, 0.2) is 0 Å². The summed E-state index contributed by atoms with van der Waals surface area (Å²) in [5.74, 6) is 0.118. The molecule has 1 heterocycles. The number of rotatable bonds is 1. The van der Waals surface area contributed by atoms with Gasteiger partial charge in [-0.3, -0.25) is 4.79 Å². The fourth-order valence-corrected chi connectivity index (χ4v) is 2.61. The summed E-state index contributed by atoms with van der Waals surface area (Å²) in [5, 5.41) is 6.59. The third-order valence-electron chi connectivity index (χ3n) is 3.46. The van der Waals surface area contributed by atoms with E-state index in [1.807, 2.05) is 19.1 Å². The summed E-state index contributed by atoms with van der Waals surface area (Å²) in [6.45, 7) is 1.94. The molecule has 1 aromatic rings. The van der Waals surface area contributed by atoms with Crippen LogP contribution < -0.4 is 5.01 Å². The summed E-state index contributed by atoms with van der Waals surface area (Å²) in [6.07, 6.45) is 2.97. The van der Waals surface area contributed by atoms with Crippen LogP contribution in [0.1, 0.15) is 24.8 Å². The van der Waals surface area contributed by atoms with Gasteiger partial charge in [-0.05, 0) is 43.9 Å². The Labute approximate surface area is 105 Å². The minimum absolute atomic E-state index is 0.0232. The zero-order chi connectivity index (χ0) is 12.0. The molecule has 1 fully saturated rings. The van der Waals surface area contributed by atoms with Crippen LogP contribution in [-0.4, -0.2) is 11.6 Å². The SMILES string of the molecule is Cc1ccc(N2N=C3CCCC3C2=O)cc1Cl. The average Bonchev–Trinajstić information content (AvgIpc) is 2.86. The van der Waals surface area contributed by atoms with Crippen LogP contribution in [0.15, 0.2) is 23.3 Å². The highest BCUT2D eigenvalue weighted by Crippen LogP contribution is 2.34. The van der Waals surface area contributed by atoms with E-state index in [0.717, 1.165) is 36.2 Å². The van der Waals surface area contributed by atoms with Gasteiger partial charge < -0.3 is 0 Å². The third-order valence-corrected chi connectivity index (χ3v) is 3.87. The minimum atomic E-state index is 0.0232. The highest BCUT2D eigenvalue weighted by atomic mass is 35.5. The van der Waals surface area contributed by atoms with Crippen molar-refractivity contribution in [3.8, 4) is 0 Å². The van der Waals surface area contributed by atoms with Crippen molar-refractivity contribution in [3.63, 3.8) is 0 Å². The van der Waals surface area contributed by atoms with Crippen LogP contribution in [0.3, 0.4) is 0 Å². The normalized spacial score (nSPS) is 22.9. The van der Waals surface area contributed by atoms with E-state index >= 15 is 0 Å². The van der Waals surface area contributed by atoms with Gasteiger partial charge in [0.25, 0.3) is 5.91 Å². The highest BCUT2D eigenvalue weighted by Gasteiger charge is 2.39. The predicted octanol–water partition coefficient (Wildman–Crippen LogP) is 3.15. The molecule has 1 atom stereocenters. The summed E-state index contributed by atoms with van der Waals surface area (Å²) in [5.41, 5.74) is 2.81. The number of anilines is 1. The van der Waals surface area contributed by atoms with Crippen molar-refractivity contribution in [2.45, 2.75) is 26.2 Å². The Kier molecular flexibility index (Phi) is 2.44. The molecule has 0 saturated heterocycles. The van der Waals surface area contributed by atoms with Crippen LogP contribution in [0, 0.1) is 12.8 Å². The maximum Gasteiger partial charge on any atom is 0.256 e. The van der Waals surface area contributed by atoms with Crippen LogP contribution in [0.2, 0.25) is 5.02 Å². The second-order valence-corrected chi connectivity index (χ2v) is 5.03. The van der Waals surface area contributed by atoms with Crippen molar-refractivity contribution in [1.29, 1.82) is 0 Å². The lowest BCUT2D eigenvalue weighted by molar-refractivity contribution is -0.119. The van der Waals surface area contributed by atoms with Gasteiger partial charge in [-0.2, -0.15) is 5.10 Å². The van der Waals surface area contributed by atoms with Crippen molar-refractivity contribution >= 4 is 28.9 Å². The van der Waals surface area contributed by atoms with E-state index < -0.39 is 0 Å². The summed E-state index contributed by atoms with van der Waals surface area (Å²) in [4.78, 5) is 12.2. The molecule has 0 N–H and O–H groups in total. The first-order valence-electron chi connectivity index (χ1n) is 5.84. The van der Waals surface area contributed by atoms with Crippen LogP contribution in [0.5, 0.6) is 0 Å². The smallest absolute Gasteiger partial charge is 0.256 e. The lowest BCUT2D eigenvalue weighted by Crippen LogP contribution is -2.25. The third kappa shape index (κ3) is 1.65. The molecule has 0 radical (unpaired) electrons. The van der Waals surface area contributed by atoms with Gasteiger partial charge in [-0.25, -0.2) is 5.01 Å². The second-order valence-electron chi connectivity index (χ2n) is 4.62. The summed E-state index contributed by atoms with van der Waals surface area (Å²) < 4.78 is 0. The monoisotopic (exact) mass is 248 g/mol. The van der Waals surface area contributed by atoms with Gasteiger partial charge in [0, 0.05) is 5.02 Å². The Morgan fingerprint density at radius 1 is 1.47 bits per heavy atom. The number of nitrogens with zero attached hydrogens (tertiary/aromatic N) is 2. The maximum atomic E-state index is 12.2. The largest absolute Gasteiger partial charge is 0.272 e. The molecule has 1 unspecified atom stereocenters. The molecular weight excluding hydrogens is 236 g/mol. The fraction of sp³-hybridized carbons (Fsp3) is 0.385. The van der Waals surface area contributed by atoms with E-state index in [1.54, 1.807) is 6.07 Å². The molecule has 1 saturated carbocycles. The van der Waals surface area contributed by atoms with Gasteiger partial charge in [0.2, 0.25) is 0 Å². The number of benzene rings is 1. The van der Waals surface area contributed by atoms with Crippen molar-refractivity contribution < 1.29 is 4.79 Å². The molecule has 17 heavy (non-hydrogen) atoms. The van der Waals surface area contributed by atoms with Crippen LogP contribution in [-0.2, 0) is 4.79 Å². The lowest BCUT2D eigenvalue weighted by Gasteiger charge is -2.14. The van der Waals surface area contributed by atoms with Crippen molar-refractivity contribution in [1.82, 2.24) is 0 Å². The van der Waals surface area contributed by atoms with E-state index in [4.69, 9.17) is 11.6 Å². The first kappa shape index (κ1) is 10.8. The molecule has 3 nitrogen and oxygen atoms in total. The fourth-order valence-electron chi connectivity index (χ4n) is 2.44. The van der Waals surface area contributed by atoms with E-state index in [9.17, 15) is 4.79 Å². The van der Waals surface area contributed by atoms with E-state index in [0.29, 0.717) is 5.02 Å². The topological polar surface area (TPSA) is 32.7 Å². The molecule has 0 aromatic heterocycles. The molecular formula is C13H13ClN2O. The summed E-state index contributed by atoms with van der Waals surface area (Å²) >= 11 is 6.07. The summed E-state index contributed by atoms with van der Waals surface area (Å²) in [6, 6.07) is 5.61. The first-order chi connectivity index (χ1) is 8.16. The van der Waals surface area contributed by atoms with E-state index in [-0.39, 0.29) is 11.8 Å². The standard InChI is InChI=1S/C13H13ClN2O/c1-8-5-6-9(7-11(8)14)16-13(17)10-3-2-4-12(10)15-16/h5-7,10H,2-4H2,1H3. The number of hydrogen-bond acceptors (Lipinski definition) is 2. The Hall–Kier alpha value is -1.35. The van der Waals surface area contributed by atoms with Gasteiger partial charge in [-0.15, -0.1) is 0 Å². The summed E-state index contributed by atoms with van der Waals surface area (Å²) in [7, 11) is 0. The molecule has 2 aliphatic rings. The maximum absolute atomic E-state index is 12.2. The van der Waals surface area contributed by atoms with Gasteiger partial charge in [0.1, 0.15) is 0 Å². The number of carbonyl (C=O) groups is 1. The van der Waals surface area contributed by atoms with Gasteiger partial charge in [0.05, 0.1) is 17.3 Å². The van der Waals surface area contributed by atoms with Crippen molar-refractivity contribution in [2.75, 3.05) is 5.01 Å². The number of hydrogen-bond donors (Lipinski definition) is 0. The Morgan fingerprint density at radius 2 is 2.29 bits per heavy atom. The quantitative estimate of drug-likeness (QED) is 0.752. The van der Waals surface area contributed by atoms with Crippen LogP contribution in [0.4, 0.5) is 5.69 Å². The van der Waals surface area contributed by atoms with Gasteiger partial charge >= 0.3 is 0 Å². The number of hydrazone groups is 1. The number of amides is 1. The zero-order valence-corrected chi connectivity index (χ0v) is 10.4.